The van der Waals surface area contributed by atoms with Crippen molar-refractivity contribution >= 4 is 16.9 Å². The Morgan fingerprint density at radius 3 is 2.65 bits per heavy atom. The summed E-state index contributed by atoms with van der Waals surface area (Å²) in [7, 11) is 1.59. The van der Waals surface area contributed by atoms with Gasteiger partial charge in [0.15, 0.2) is 0 Å². The lowest BCUT2D eigenvalue weighted by atomic mass is 10.0. The number of carbonyl (C=O) groups is 1. The third kappa shape index (κ3) is 1.86. The molecule has 0 amide bonds. The van der Waals surface area contributed by atoms with Gasteiger partial charge < -0.3 is 14.8 Å². The van der Waals surface area contributed by atoms with Crippen LogP contribution in [0, 0.1) is 0 Å². The fourth-order valence-electron chi connectivity index (χ4n) is 1.99. The van der Waals surface area contributed by atoms with Gasteiger partial charge in [0, 0.05) is 17.1 Å². The van der Waals surface area contributed by atoms with Gasteiger partial charge in [-0.2, -0.15) is 0 Å². The summed E-state index contributed by atoms with van der Waals surface area (Å²) in [6.45, 7) is 3.93. The fraction of sp³-hybridized carbons (Fsp3) is 0.308. The molecular weight excluding hydrogens is 218 g/mol. The number of aromatic amines is 1. The molecular formula is C13H15NO3. The summed E-state index contributed by atoms with van der Waals surface area (Å²) in [6.07, 6.45) is 0. The summed E-state index contributed by atoms with van der Waals surface area (Å²) in [5, 5.41) is 10.0. The van der Waals surface area contributed by atoms with Gasteiger partial charge in [-0.1, -0.05) is 13.8 Å². The molecule has 90 valence electrons. The molecule has 2 rings (SSSR count). The first-order valence-corrected chi connectivity index (χ1v) is 5.47. The summed E-state index contributed by atoms with van der Waals surface area (Å²) < 4.78 is 5.12. The number of nitrogens with one attached hydrogen (secondary N) is 1. The summed E-state index contributed by atoms with van der Waals surface area (Å²) in [6, 6.07) is 5.36. The molecule has 2 N–H and O–H groups in total. The molecule has 0 saturated carbocycles. The van der Waals surface area contributed by atoms with E-state index in [0.717, 1.165) is 16.6 Å². The number of H-pyrrole nitrogens is 1. The van der Waals surface area contributed by atoms with E-state index in [9.17, 15) is 9.90 Å². The molecule has 0 atom stereocenters. The van der Waals surface area contributed by atoms with Crippen LogP contribution in [0.1, 0.15) is 35.8 Å². The molecule has 2 aromatic rings. The molecule has 4 heteroatoms. The minimum absolute atomic E-state index is 0.138. The van der Waals surface area contributed by atoms with Crippen molar-refractivity contribution in [3.05, 3.63) is 29.5 Å². The van der Waals surface area contributed by atoms with Crippen LogP contribution < -0.4 is 4.74 Å². The van der Waals surface area contributed by atoms with E-state index >= 15 is 0 Å². The smallest absolute Gasteiger partial charge is 0.338 e. The number of aromatic carboxylic acids is 1. The Kier molecular flexibility index (Phi) is 2.79. The lowest BCUT2D eigenvalue weighted by Gasteiger charge is -2.03. The number of benzene rings is 1. The van der Waals surface area contributed by atoms with Crippen LogP contribution in [-0.2, 0) is 0 Å². The lowest BCUT2D eigenvalue weighted by molar-refractivity contribution is 0.0697. The molecule has 0 aliphatic rings. The Hall–Kier alpha value is -1.97. The van der Waals surface area contributed by atoms with Crippen LogP contribution in [-0.4, -0.2) is 23.2 Å². The van der Waals surface area contributed by atoms with E-state index in [1.54, 1.807) is 19.2 Å². The maximum atomic E-state index is 11.3. The largest absolute Gasteiger partial charge is 0.497 e. The minimum atomic E-state index is -0.898. The van der Waals surface area contributed by atoms with Gasteiger partial charge in [-0.25, -0.2) is 4.79 Å². The highest BCUT2D eigenvalue weighted by atomic mass is 16.5. The zero-order chi connectivity index (χ0) is 12.6. The highest BCUT2D eigenvalue weighted by Gasteiger charge is 2.19. The number of ether oxygens (including phenoxy) is 1. The molecule has 0 radical (unpaired) electrons. The summed E-state index contributed by atoms with van der Waals surface area (Å²) in [5.41, 5.74) is 1.91. The minimum Gasteiger partial charge on any atom is -0.497 e. The average Bonchev–Trinajstić information content (AvgIpc) is 2.66. The Bertz CT molecular complexity index is 569. The molecule has 0 spiro atoms. The zero-order valence-corrected chi connectivity index (χ0v) is 10.1. The molecule has 0 aliphatic heterocycles. The van der Waals surface area contributed by atoms with Gasteiger partial charge in [-0.05, 0) is 18.1 Å². The van der Waals surface area contributed by atoms with Gasteiger partial charge in [0.2, 0.25) is 0 Å². The van der Waals surface area contributed by atoms with Crippen molar-refractivity contribution < 1.29 is 14.6 Å². The van der Waals surface area contributed by atoms with E-state index in [-0.39, 0.29) is 5.92 Å². The van der Waals surface area contributed by atoms with Crippen LogP contribution in [0.3, 0.4) is 0 Å². The number of hydrogen-bond donors (Lipinski definition) is 2. The van der Waals surface area contributed by atoms with Crippen LogP contribution in [0.4, 0.5) is 0 Å². The van der Waals surface area contributed by atoms with Gasteiger partial charge in [0.05, 0.1) is 18.2 Å². The molecule has 4 nitrogen and oxygen atoms in total. The number of carboxylic acid groups (broad SMARTS) is 1. The predicted octanol–water partition coefficient (Wildman–Crippen LogP) is 3.00. The number of carboxylic acids is 1. The zero-order valence-electron chi connectivity index (χ0n) is 10.1. The van der Waals surface area contributed by atoms with Gasteiger partial charge in [0.25, 0.3) is 0 Å². The topological polar surface area (TPSA) is 62.3 Å². The van der Waals surface area contributed by atoms with E-state index in [4.69, 9.17) is 4.74 Å². The SMILES string of the molecule is COc1ccc2c(C(=O)O)c(C(C)C)[nH]c2c1. The van der Waals surface area contributed by atoms with Crippen molar-refractivity contribution in [2.24, 2.45) is 0 Å². The first-order valence-electron chi connectivity index (χ1n) is 5.47. The number of aromatic nitrogens is 1. The first-order chi connectivity index (χ1) is 8.04. The third-order valence-corrected chi connectivity index (χ3v) is 2.83. The fourth-order valence-corrected chi connectivity index (χ4v) is 1.99. The summed E-state index contributed by atoms with van der Waals surface area (Å²) >= 11 is 0. The number of rotatable bonds is 3. The van der Waals surface area contributed by atoms with Gasteiger partial charge >= 0.3 is 5.97 Å². The van der Waals surface area contributed by atoms with Gasteiger partial charge in [-0.15, -0.1) is 0 Å². The number of methoxy groups -OCH3 is 1. The molecule has 17 heavy (non-hydrogen) atoms. The van der Waals surface area contributed by atoms with Crippen molar-refractivity contribution in [1.82, 2.24) is 4.98 Å². The van der Waals surface area contributed by atoms with Crippen molar-refractivity contribution in [3.63, 3.8) is 0 Å². The Balaban J connectivity index is 2.74. The Morgan fingerprint density at radius 2 is 2.12 bits per heavy atom. The maximum Gasteiger partial charge on any atom is 0.338 e. The van der Waals surface area contributed by atoms with E-state index in [0.29, 0.717) is 11.3 Å². The van der Waals surface area contributed by atoms with Gasteiger partial charge in [-0.3, -0.25) is 0 Å². The second kappa shape index (κ2) is 4.13. The van der Waals surface area contributed by atoms with E-state index in [2.05, 4.69) is 4.98 Å². The Labute approximate surface area is 99.2 Å². The second-order valence-corrected chi connectivity index (χ2v) is 4.29. The predicted molar refractivity (Wildman–Crippen MR) is 65.9 cm³/mol. The third-order valence-electron chi connectivity index (χ3n) is 2.83. The van der Waals surface area contributed by atoms with Crippen molar-refractivity contribution in [3.8, 4) is 5.75 Å². The highest BCUT2D eigenvalue weighted by Crippen LogP contribution is 2.29. The molecule has 1 aromatic carbocycles. The van der Waals surface area contributed by atoms with Crippen LogP contribution >= 0.6 is 0 Å². The second-order valence-electron chi connectivity index (χ2n) is 4.29. The molecule has 0 fully saturated rings. The summed E-state index contributed by atoms with van der Waals surface area (Å²) in [4.78, 5) is 14.5. The molecule has 0 aliphatic carbocycles. The Morgan fingerprint density at radius 1 is 1.41 bits per heavy atom. The van der Waals surface area contributed by atoms with Crippen LogP contribution in [0.15, 0.2) is 18.2 Å². The molecule has 0 unspecified atom stereocenters. The van der Waals surface area contributed by atoms with Crippen molar-refractivity contribution in [2.45, 2.75) is 19.8 Å². The lowest BCUT2D eigenvalue weighted by Crippen LogP contribution is -2.01. The van der Waals surface area contributed by atoms with Crippen molar-refractivity contribution in [2.75, 3.05) is 7.11 Å². The molecule has 1 heterocycles. The van der Waals surface area contributed by atoms with Crippen LogP contribution in [0.2, 0.25) is 0 Å². The van der Waals surface area contributed by atoms with E-state index in [1.165, 1.54) is 0 Å². The summed E-state index contributed by atoms with van der Waals surface area (Å²) in [5.74, 6) is -0.0457. The standard InChI is InChI=1S/C13H15NO3/c1-7(2)12-11(13(15)16)9-5-4-8(17-3)6-10(9)14-12/h4-7,14H,1-3H3,(H,15,16). The quantitative estimate of drug-likeness (QED) is 0.856. The van der Waals surface area contributed by atoms with Crippen molar-refractivity contribution in [1.29, 1.82) is 0 Å². The molecule has 0 bridgehead atoms. The van der Waals surface area contributed by atoms with Crippen LogP contribution in [0.5, 0.6) is 5.75 Å². The molecule has 0 saturated heterocycles. The van der Waals surface area contributed by atoms with E-state index < -0.39 is 5.97 Å². The van der Waals surface area contributed by atoms with Crippen LogP contribution in [0.25, 0.3) is 10.9 Å². The monoisotopic (exact) mass is 233 g/mol. The molecule has 1 aromatic heterocycles. The maximum absolute atomic E-state index is 11.3. The number of fused-ring (bicyclic) bond motifs is 1. The van der Waals surface area contributed by atoms with Gasteiger partial charge in [0.1, 0.15) is 5.75 Å². The highest BCUT2D eigenvalue weighted by molar-refractivity contribution is 6.05. The first kappa shape index (κ1) is 11.5. The average molecular weight is 233 g/mol. The normalized spacial score (nSPS) is 11.1. The van der Waals surface area contributed by atoms with E-state index in [1.807, 2.05) is 19.9 Å². The number of hydrogen-bond acceptors (Lipinski definition) is 2.